The Kier molecular flexibility index (Phi) is 3.36. The number of pyridine rings is 1. The Balaban J connectivity index is 3.32. The first-order valence-electron chi connectivity index (χ1n) is 3.54. The van der Waals surface area contributed by atoms with Gasteiger partial charge in [-0.3, -0.25) is 0 Å². The summed E-state index contributed by atoms with van der Waals surface area (Å²) in [5.74, 6) is -0.932. The molecule has 0 amide bonds. The zero-order valence-electron chi connectivity index (χ0n) is 6.95. The number of alkyl halides is 5. The van der Waals surface area contributed by atoms with Crippen molar-refractivity contribution in [1.29, 1.82) is 0 Å². The molecule has 0 aromatic carbocycles. The standard InChI is InChI=1S/C7H4F5IN2/c8-5(9)4-3(13)1-2(6(14)15-4)7(10,11)12/h1,5H,(H2,14,15). The van der Waals surface area contributed by atoms with E-state index >= 15 is 0 Å². The van der Waals surface area contributed by atoms with Crippen molar-refractivity contribution in [3.63, 3.8) is 0 Å². The molecule has 0 radical (unpaired) electrons. The second-order valence-electron chi connectivity index (χ2n) is 2.59. The molecule has 0 bridgehead atoms. The maximum absolute atomic E-state index is 12.3. The number of hydrogen-bond donors (Lipinski definition) is 1. The maximum Gasteiger partial charge on any atom is 0.419 e. The van der Waals surface area contributed by atoms with Crippen LogP contribution in [0.3, 0.4) is 0 Å². The first-order valence-corrected chi connectivity index (χ1v) is 4.62. The Bertz CT molecular complexity index is 376. The molecule has 0 unspecified atom stereocenters. The average molecular weight is 338 g/mol. The molecule has 0 spiro atoms. The number of hydrogen-bond acceptors (Lipinski definition) is 2. The molecule has 0 saturated carbocycles. The molecule has 0 saturated heterocycles. The van der Waals surface area contributed by atoms with Crippen molar-refractivity contribution in [2.24, 2.45) is 0 Å². The van der Waals surface area contributed by atoms with Gasteiger partial charge in [0.25, 0.3) is 6.43 Å². The van der Waals surface area contributed by atoms with Gasteiger partial charge >= 0.3 is 6.18 Å². The van der Waals surface area contributed by atoms with Gasteiger partial charge in [0.1, 0.15) is 11.5 Å². The molecule has 8 heteroatoms. The van der Waals surface area contributed by atoms with Crippen molar-refractivity contribution in [3.05, 3.63) is 20.9 Å². The van der Waals surface area contributed by atoms with Crippen molar-refractivity contribution in [2.45, 2.75) is 12.6 Å². The lowest BCUT2D eigenvalue weighted by atomic mass is 10.2. The zero-order chi connectivity index (χ0) is 11.8. The van der Waals surface area contributed by atoms with Crippen LogP contribution in [0.4, 0.5) is 27.8 Å². The normalized spacial score (nSPS) is 12.2. The first kappa shape index (κ1) is 12.4. The van der Waals surface area contributed by atoms with Crippen LogP contribution in [-0.4, -0.2) is 4.98 Å². The van der Waals surface area contributed by atoms with Gasteiger partial charge in [-0.2, -0.15) is 13.2 Å². The largest absolute Gasteiger partial charge is 0.419 e. The molecular formula is C7H4F5IN2. The van der Waals surface area contributed by atoms with E-state index in [1.54, 1.807) is 0 Å². The molecule has 2 N–H and O–H groups in total. The zero-order valence-corrected chi connectivity index (χ0v) is 9.10. The smallest absolute Gasteiger partial charge is 0.383 e. The van der Waals surface area contributed by atoms with E-state index in [4.69, 9.17) is 5.73 Å². The van der Waals surface area contributed by atoms with E-state index in [9.17, 15) is 22.0 Å². The number of aromatic nitrogens is 1. The van der Waals surface area contributed by atoms with Crippen LogP contribution < -0.4 is 5.73 Å². The van der Waals surface area contributed by atoms with Gasteiger partial charge in [-0.15, -0.1) is 0 Å². The summed E-state index contributed by atoms with van der Waals surface area (Å²) in [7, 11) is 0. The number of nitrogen functional groups attached to an aromatic ring is 1. The van der Waals surface area contributed by atoms with Gasteiger partial charge < -0.3 is 5.73 Å². The van der Waals surface area contributed by atoms with E-state index in [2.05, 4.69) is 4.98 Å². The fraction of sp³-hybridized carbons (Fsp3) is 0.286. The van der Waals surface area contributed by atoms with Gasteiger partial charge in [0.2, 0.25) is 0 Å². The number of halogens is 6. The fourth-order valence-corrected chi connectivity index (χ4v) is 1.57. The number of nitrogens with two attached hydrogens (primary N) is 1. The number of anilines is 1. The van der Waals surface area contributed by atoms with Gasteiger partial charge in [-0.25, -0.2) is 13.8 Å². The van der Waals surface area contributed by atoms with E-state index < -0.39 is 29.7 Å². The summed E-state index contributed by atoms with van der Waals surface area (Å²) in [4.78, 5) is 3.04. The molecule has 84 valence electrons. The lowest BCUT2D eigenvalue weighted by molar-refractivity contribution is -0.137. The van der Waals surface area contributed by atoms with Crippen LogP contribution in [-0.2, 0) is 6.18 Å². The van der Waals surface area contributed by atoms with Crippen molar-refractivity contribution in [2.75, 3.05) is 5.73 Å². The van der Waals surface area contributed by atoms with Crippen LogP contribution in [0.2, 0.25) is 0 Å². The molecule has 1 aromatic heterocycles. The number of rotatable bonds is 1. The van der Waals surface area contributed by atoms with Crippen LogP contribution in [0.25, 0.3) is 0 Å². The SMILES string of the molecule is Nc1nc(C(F)F)c(I)cc1C(F)(F)F. The number of nitrogens with zero attached hydrogens (tertiary/aromatic N) is 1. The predicted octanol–water partition coefficient (Wildman–Crippen LogP) is 3.22. The third kappa shape index (κ3) is 2.67. The highest BCUT2D eigenvalue weighted by molar-refractivity contribution is 14.1. The van der Waals surface area contributed by atoms with Gasteiger partial charge in [0, 0.05) is 3.57 Å². The topological polar surface area (TPSA) is 38.9 Å². The third-order valence-corrected chi connectivity index (χ3v) is 2.41. The summed E-state index contributed by atoms with van der Waals surface area (Å²) in [5, 5.41) is 0. The Morgan fingerprint density at radius 2 is 1.87 bits per heavy atom. The average Bonchev–Trinajstić information content (AvgIpc) is 2.06. The molecule has 0 aliphatic heterocycles. The second kappa shape index (κ2) is 4.06. The summed E-state index contributed by atoms with van der Waals surface area (Å²) >= 11 is 1.36. The molecule has 1 heterocycles. The Morgan fingerprint density at radius 1 is 1.33 bits per heavy atom. The van der Waals surface area contributed by atoms with Gasteiger partial charge in [0.15, 0.2) is 0 Å². The Labute approximate surface area is 94.8 Å². The predicted molar refractivity (Wildman–Crippen MR) is 51.3 cm³/mol. The van der Waals surface area contributed by atoms with E-state index in [1.165, 1.54) is 22.6 Å². The van der Waals surface area contributed by atoms with Crippen LogP contribution in [0, 0.1) is 3.57 Å². The highest BCUT2D eigenvalue weighted by Crippen LogP contribution is 2.35. The van der Waals surface area contributed by atoms with E-state index in [-0.39, 0.29) is 3.57 Å². The minimum atomic E-state index is -4.68. The summed E-state index contributed by atoms with van der Waals surface area (Å²) in [6.07, 6.45) is -7.63. The molecule has 0 fully saturated rings. The Hall–Kier alpha value is -0.670. The van der Waals surface area contributed by atoms with E-state index in [1.807, 2.05) is 0 Å². The summed E-state index contributed by atoms with van der Waals surface area (Å²) in [6.45, 7) is 0. The van der Waals surface area contributed by atoms with E-state index in [0.29, 0.717) is 6.07 Å². The molecule has 1 aromatic rings. The van der Waals surface area contributed by atoms with Crippen LogP contribution in [0.5, 0.6) is 0 Å². The summed E-state index contributed by atoms with van der Waals surface area (Å²) < 4.78 is 61.0. The maximum atomic E-state index is 12.3. The Morgan fingerprint density at radius 3 is 2.27 bits per heavy atom. The van der Waals surface area contributed by atoms with Crippen molar-refractivity contribution >= 4 is 28.4 Å². The van der Waals surface area contributed by atoms with Gasteiger partial charge in [0.05, 0.1) is 5.56 Å². The second-order valence-corrected chi connectivity index (χ2v) is 3.75. The third-order valence-electron chi connectivity index (χ3n) is 1.54. The minimum absolute atomic E-state index is 0.260. The van der Waals surface area contributed by atoms with Crippen molar-refractivity contribution in [3.8, 4) is 0 Å². The first-order chi connectivity index (χ1) is 6.73. The van der Waals surface area contributed by atoms with Crippen molar-refractivity contribution in [1.82, 2.24) is 4.98 Å². The molecule has 0 aliphatic carbocycles. The molecular weight excluding hydrogens is 334 g/mol. The fourth-order valence-electron chi connectivity index (χ4n) is 0.898. The van der Waals surface area contributed by atoms with Gasteiger partial charge in [-0.1, -0.05) is 0 Å². The molecule has 15 heavy (non-hydrogen) atoms. The molecule has 0 aliphatic rings. The van der Waals surface area contributed by atoms with Crippen molar-refractivity contribution < 1.29 is 22.0 Å². The van der Waals surface area contributed by atoms with Crippen LogP contribution in [0.15, 0.2) is 6.07 Å². The lowest BCUT2D eigenvalue weighted by Crippen LogP contribution is -2.12. The van der Waals surface area contributed by atoms with Crippen LogP contribution >= 0.6 is 22.6 Å². The van der Waals surface area contributed by atoms with Gasteiger partial charge in [-0.05, 0) is 28.7 Å². The molecule has 2 nitrogen and oxygen atoms in total. The summed E-state index contributed by atoms with van der Waals surface area (Å²) in [6, 6.07) is 0.560. The monoisotopic (exact) mass is 338 g/mol. The summed E-state index contributed by atoms with van der Waals surface area (Å²) in [5.41, 5.74) is 3.01. The van der Waals surface area contributed by atoms with E-state index in [0.717, 1.165) is 0 Å². The van der Waals surface area contributed by atoms with Crippen LogP contribution in [0.1, 0.15) is 17.7 Å². The minimum Gasteiger partial charge on any atom is -0.383 e. The highest BCUT2D eigenvalue weighted by atomic mass is 127. The highest BCUT2D eigenvalue weighted by Gasteiger charge is 2.35. The lowest BCUT2D eigenvalue weighted by Gasteiger charge is -2.11. The molecule has 0 atom stereocenters. The molecule has 1 rings (SSSR count). The quantitative estimate of drug-likeness (QED) is 0.631.